The number of anilines is 1. The van der Waals surface area contributed by atoms with Gasteiger partial charge >= 0.3 is 0 Å². The lowest BCUT2D eigenvalue weighted by atomic mass is 9.95. The molecule has 1 saturated heterocycles. The topological polar surface area (TPSA) is 80.5 Å². The van der Waals surface area contributed by atoms with E-state index in [9.17, 15) is 4.79 Å². The van der Waals surface area contributed by atoms with E-state index >= 15 is 0 Å². The van der Waals surface area contributed by atoms with Gasteiger partial charge in [0, 0.05) is 17.2 Å². The predicted molar refractivity (Wildman–Crippen MR) is 128 cm³/mol. The summed E-state index contributed by atoms with van der Waals surface area (Å²) in [5.41, 5.74) is 3.08. The van der Waals surface area contributed by atoms with Gasteiger partial charge < -0.3 is 14.6 Å². The summed E-state index contributed by atoms with van der Waals surface area (Å²) in [5, 5.41) is 7.18. The van der Waals surface area contributed by atoms with Crippen LogP contribution in [-0.2, 0) is 17.8 Å². The number of piperidine rings is 1. The second-order valence-corrected chi connectivity index (χ2v) is 8.58. The largest absolute Gasteiger partial charge is 0.497 e. The highest BCUT2D eigenvalue weighted by Crippen LogP contribution is 2.23. The Morgan fingerprint density at radius 3 is 2.52 bits per heavy atom. The van der Waals surface area contributed by atoms with Gasteiger partial charge in [0.05, 0.1) is 13.7 Å². The van der Waals surface area contributed by atoms with Gasteiger partial charge in [-0.05, 0) is 80.7 Å². The zero-order valence-electron chi connectivity index (χ0n) is 19.4. The number of benzene rings is 2. The van der Waals surface area contributed by atoms with Crippen molar-refractivity contribution in [3.05, 3.63) is 60.0 Å². The van der Waals surface area contributed by atoms with Crippen LogP contribution in [0.1, 0.15) is 44.1 Å². The van der Waals surface area contributed by atoms with Crippen LogP contribution in [0.4, 0.5) is 5.69 Å². The Hall–Kier alpha value is -3.19. The van der Waals surface area contributed by atoms with E-state index in [0.29, 0.717) is 18.3 Å². The van der Waals surface area contributed by atoms with Crippen LogP contribution in [0.3, 0.4) is 0 Å². The Labute approximate surface area is 195 Å². The molecule has 2 heterocycles. The number of unbranched alkanes of at least 4 members (excludes halogenated alkanes) is 1. The van der Waals surface area contributed by atoms with Crippen molar-refractivity contribution in [2.75, 3.05) is 25.5 Å². The van der Waals surface area contributed by atoms with Crippen molar-refractivity contribution in [3.8, 4) is 17.1 Å². The third-order valence-electron chi connectivity index (χ3n) is 6.17. The molecule has 0 radical (unpaired) electrons. The Balaban J connectivity index is 1.24. The fourth-order valence-corrected chi connectivity index (χ4v) is 4.10. The predicted octanol–water partition coefficient (Wildman–Crippen LogP) is 4.94. The number of aromatic nitrogens is 2. The summed E-state index contributed by atoms with van der Waals surface area (Å²) in [6, 6.07) is 15.8. The van der Waals surface area contributed by atoms with Crippen LogP contribution >= 0.6 is 0 Å². The molecular weight excluding hydrogens is 416 g/mol. The number of nitrogens with one attached hydrogen (secondary N) is 1. The Morgan fingerprint density at radius 1 is 1.12 bits per heavy atom. The van der Waals surface area contributed by atoms with Crippen molar-refractivity contribution >= 4 is 11.6 Å². The van der Waals surface area contributed by atoms with E-state index in [4.69, 9.17) is 9.26 Å². The summed E-state index contributed by atoms with van der Waals surface area (Å²) < 4.78 is 10.6. The molecule has 0 aliphatic carbocycles. The number of likely N-dealkylation sites (tertiary alicyclic amines) is 1. The van der Waals surface area contributed by atoms with E-state index in [-0.39, 0.29) is 11.8 Å². The number of nitrogens with zero attached hydrogens (tertiary/aromatic N) is 3. The van der Waals surface area contributed by atoms with E-state index in [1.54, 1.807) is 7.11 Å². The van der Waals surface area contributed by atoms with Crippen molar-refractivity contribution < 1.29 is 14.1 Å². The maximum absolute atomic E-state index is 12.7. The van der Waals surface area contributed by atoms with Crippen molar-refractivity contribution in [3.63, 3.8) is 0 Å². The molecule has 1 N–H and O–H groups in total. The molecule has 1 aromatic heterocycles. The number of hydrogen-bond acceptors (Lipinski definition) is 6. The standard InChI is InChI=1S/C26H32N4O3/c1-3-4-5-19-6-10-22(11-7-19)27-26(31)21-14-16-30(17-15-21)18-24-28-25(29-33-24)20-8-12-23(32-2)13-9-20/h6-13,21H,3-5,14-18H2,1-2H3,(H,27,31). The van der Waals surface area contributed by atoms with Crippen LogP contribution in [0.15, 0.2) is 53.1 Å². The molecule has 2 aromatic carbocycles. The summed E-state index contributed by atoms with van der Waals surface area (Å²) >= 11 is 0. The second kappa shape index (κ2) is 11.1. The highest BCUT2D eigenvalue weighted by atomic mass is 16.5. The van der Waals surface area contributed by atoms with Crippen LogP contribution in [0.2, 0.25) is 0 Å². The minimum Gasteiger partial charge on any atom is -0.497 e. The number of carbonyl (C=O) groups excluding carboxylic acids is 1. The number of hydrogen-bond donors (Lipinski definition) is 1. The van der Waals surface area contributed by atoms with E-state index in [2.05, 4.69) is 39.4 Å². The fourth-order valence-electron chi connectivity index (χ4n) is 4.10. The van der Waals surface area contributed by atoms with Crippen molar-refractivity contribution in [2.24, 2.45) is 5.92 Å². The highest BCUT2D eigenvalue weighted by molar-refractivity contribution is 5.92. The van der Waals surface area contributed by atoms with Gasteiger partial charge in [-0.1, -0.05) is 30.6 Å². The molecule has 1 fully saturated rings. The Bertz CT molecular complexity index is 1020. The first-order valence-electron chi connectivity index (χ1n) is 11.7. The number of carbonyl (C=O) groups is 1. The molecule has 0 unspecified atom stereocenters. The van der Waals surface area contributed by atoms with Crippen molar-refractivity contribution in [1.29, 1.82) is 0 Å². The first-order chi connectivity index (χ1) is 16.1. The third-order valence-corrected chi connectivity index (χ3v) is 6.17. The van der Waals surface area contributed by atoms with E-state index in [1.807, 2.05) is 36.4 Å². The van der Waals surface area contributed by atoms with E-state index in [1.165, 1.54) is 18.4 Å². The van der Waals surface area contributed by atoms with Gasteiger partial charge in [0.1, 0.15) is 5.75 Å². The molecule has 174 valence electrons. The molecule has 7 nitrogen and oxygen atoms in total. The lowest BCUT2D eigenvalue weighted by Crippen LogP contribution is -2.37. The number of ether oxygens (including phenoxy) is 1. The zero-order valence-corrected chi connectivity index (χ0v) is 19.4. The minimum atomic E-state index is 0.0264. The van der Waals surface area contributed by atoms with Crippen LogP contribution in [0.25, 0.3) is 11.4 Å². The van der Waals surface area contributed by atoms with E-state index in [0.717, 1.165) is 49.4 Å². The van der Waals surface area contributed by atoms with Gasteiger partial charge in [0.2, 0.25) is 17.6 Å². The minimum absolute atomic E-state index is 0.0264. The normalized spacial score (nSPS) is 14.8. The van der Waals surface area contributed by atoms with Crippen LogP contribution in [0, 0.1) is 5.92 Å². The first-order valence-corrected chi connectivity index (χ1v) is 11.7. The maximum atomic E-state index is 12.7. The SMILES string of the molecule is CCCCc1ccc(NC(=O)C2CCN(Cc3nc(-c4ccc(OC)cc4)no3)CC2)cc1. The Kier molecular flexibility index (Phi) is 7.73. The third kappa shape index (κ3) is 6.20. The Morgan fingerprint density at radius 2 is 1.85 bits per heavy atom. The molecule has 7 heteroatoms. The van der Waals surface area contributed by atoms with E-state index < -0.39 is 0 Å². The second-order valence-electron chi connectivity index (χ2n) is 8.58. The summed E-state index contributed by atoms with van der Waals surface area (Å²) in [5.74, 6) is 2.09. The molecule has 0 bridgehead atoms. The lowest BCUT2D eigenvalue weighted by Gasteiger charge is -2.30. The highest BCUT2D eigenvalue weighted by Gasteiger charge is 2.26. The fraction of sp³-hybridized carbons (Fsp3) is 0.423. The van der Waals surface area contributed by atoms with Gasteiger partial charge in [-0.15, -0.1) is 0 Å². The molecule has 1 amide bonds. The summed E-state index contributed by atoms with van der Waals surface area (Å²) in [6.07, 6.45) is 5.11. The summed E-state index contributed by atoms with van der Waals surface area (Å²) in [7, 11) is 1.64. The molecule has 0 atom stereocenters. The average Bonchev–Trinajstić information content (AvgIpc) is 3.32. The molecule has 1 aliphatic rings. The molecule has 4 rings (SSSR count). The monoisotopic (exact) mass is 448 g/mol. The average molecular weight is 449 g/mol. The van der Waals surface area contributed by atoms with Crippen LogP contribution in [0.5, 0.6) is 5.75 Å². The zero-order chi connectivity index (χ0) is 23.0. The molecule has 33 heavy (non-hydrogen) atoms. The molecular formula is C26H32N4O3. The van der Waals surface area contributed by atoms with Gasteiger partial charge in [0.15, 0.2) is 0 Å². The quantitative estimate of drug-likeness (QED) is 0.499. The van der Waals surface area contributed by atoms with Crippen molar-refractivity contribution in [1.82, 2.24) is 15.0 Å². The number of methoxy groups -OCH3 is 1. The number of aryl methyl sites for hydroxylation is 1. The number of amides is 1. The van der Waals surface area contributed by atoms with Crippen LogP contribution < -0.4 is 10.1 Å². The summed E-state index contributed by atoms with van der Waals surface area (Å²) in [4.78, 5) is 19.5. The number of rotatable bonds is 9. The van der Waals surface area contributed by atoms with Gasteiger partial charge in [0.25, 0.3) is 0 Å². The van der Waals surface area contributed by atoms with Crippen LogP contribution in [-0.4, -0.2) is 41.1 Å². The first kappa shape index (κ1) is 23.0. The lowest BCUT2D eigenvalue weighted by molar-refractivity contribution is -0.121. The molecule has 0 saturated carbocycles. The van der Waals surface area contributed by atoms with Gasteiger partial charge in [-0.3, -0.25) is 9.69 Å². The summed E-state index contributed by atoms with van der Waals surface area (Å²) in [6.45, 7) is 4.45. The molecule has 0 spiro atoms. The molecule has 3 aromatic rings. The molecule has 1 aliphatic heterocycles. The smallest absolute Gasteiger partial charge is 0.241 e. The van der Waals surface area contributed by atoms with Gasteiger partial charge in [-0.25, -0.2) is 0 Å². The van der Waals surface area contributed by atoms with Gasteiger partial charge in [-0.2, -0.15) is 4.98 Å². The van der Waals surface area contributed by atoms with Crippen molar-refractivity contribution in [2.45, 2.75) is 45.6 Å². The maximum Gasteiger partial charge on any atom is 0.241 e.